The zero-order chi connectivity index (χ0) is 34.6. The minimum absolute atomic E-state index is 0.0333. The highest BCUT2D eigenvalue weighted by molar-refractivity contribution is 5.83. The molecule has 0 amide bonds. The Morgan fingerprint density at radius 1 is 0.542 bits per heavy atom. The Morgan fingerprint density at radius 3 is 1.25 bits per heavy atom. The highest BCUT2D eigenvalue weighted by Gasteiger charge is 2.24. The van der Waals surface area contributed by atoms with Gasteiger partial charge in [0.15, 0.2) is 11.2 Å². The Balaban J connectivity index is 1.47. The Bertz CT molecular complexity index is 1660. The molecule has 0 fully saturated rings. The molecular weight excluding hydrogens is 588 g/mol. The van der Waals surface area contributed by atoms with Gasteiger partial charge in [0.05, 0.1) is 0 Å². The maximum absolute atomic E-state index is 6.58. The summed E-state index contributed by atoms with van der Waals surface area (Å²) in [6.07, 6.45) is 12.5. The van der Waals surface area contributed by atoms with Crippen LogP contribution in [-0.2, 0) is 10.8 Å². The fraction of sp³-hybridized carbons (Fsp3) is 0.545. The van der Waals surface area contributed by atoms with E-state index in [-0.39, 0.29) is 10.8 Å². The zero-order valence-electron chi connectivity index (χ0n) is 31.6. The molecule has 0 bridgehead atoms. The third-order valence-corrected chi connectivity index (χ3v) is 10.2. The van der Waals surface area contributed by atoms with Crippen LogP contribution >= 0.6 is 0 Å². The number of oxazole rings is 2. The Labute approximate surface area is 290 Å². The second-order valence-electron chi connectivity index (χ2n) is 16.4. The van der Waals surface area contributed by atoms with E-state index in [9.17, 15) is 0 Å². The summed E-state index contributed by atoms with van der Waals surface area (Å²) >= 11 is 0. The predicted octanol–water partition coefficient (Wildman–Crippen LogP) is 14.0. The molecule has 0 aliphatic carbocycles. The first-order valence-electron chi connectivity index (χ1n) is 18.8. The molecule has 5 aromatic rings. The minimum atomic E-state index is 0.0333. The second-order valence-corrected chi connectivity index (χ2v) is 16.4. The van der Waals surface area contributed by atoms with Gasteiger partial charge < -0.3 is 8.83 Å². The van der Waals surface area contributed by atoms with E-state index in [0.29, 0.717) is 23.6 Å². The first-order valence-corrected chi connectivity index (χ1v) is 18.8. The maximum atomic E-state index is 6.58. The van der Waals surface area contributed by atoms with Gasteiger partial charge >= 0.3 is 0 Å². The lowest BCUT2D eigenvalue weighted by Gasteiger charge is -2.21. The smallest absolute Gasteiger partial charge is 0.227 e. The average molecular weight is 649 g/mol. The van der Waals surface area contributed by atoms with E-state index in [0.717, 1.165) is 46.2 Å². The average Bonchev–Trinajstić information content (AvgIpc) is 3.68. The van der Waals surface area contributed by atoms with Crippen molar-refractivity contribution in [1.82, 2.24) is 9.97 Å². The van der Waals surface area contributed by atoms with Crippen molar-refractivity contribution in [1.29, 1.82) is 0 Å². The van der Waals surface area contributed by atoms with Crippen molar-refractivity contribution >= 4 is 22.2 Å². The molecule has 0 aliphatic rings. The van der Waals surface area contributed by atoms with Gasteiger partial charge in [0, 0.05) is 22.3 Å². The van der Waals surface area contributed by atoms with Gasteiger partial charge in [-0.2, -0.15) is 0 Å². The molecule has 0 saturated carbocycles. The number of benzene rings is 3. The number of nitrogens with zero attached hydrogens (tertiary/aromatic N) is 2. The van der Waals surface area contributed by atoms with E-state index in [1.807, 2.05) is 0 Å². The molecule has 2 atom stereocenters. The van der Waals surface area contributed by atoms with Crippen LogP contribution in [0.1, 0.15) is 168 Å². The molecule has 0 spiro atoms. The van der Waals surface area contributed by atoms with E-state index in [1.165, 1.54) is 73.6 Å². The molecule has 0 radical (unpaired) electrons. The van der Waals surface area contributed by atoms with Crippen LogP contribution in [0.5, 0.6) is 0 Å². The van der Waals surface area contributed by atoms with Crippen molar-refractivity contribution in [3.8, 4) is 22.9 Å². The molecule has 258 valence electrons. The highest BCUT2D eigenvalue weighted by atomic mass is 16.4. The number of aromatic nitrogens is 2. The van der Waals surface area contributed by atoms with Crippen molar-refractivity contribution in [2.24, 2.45) is 0 Å². The lowest BCUT2D eigenvalue weighted by molar-refractivity contribution is 0.560. The molecule has 3 aromatic carbocycles. The van der Waals surface area contributed by atoms with Crippen LogP contribution in [0.3, 0.4) is 0 Å². The van der Waals surface area contributed by atoms with Gasteiger partial charge in [-0.15, -0.1) is 0 Å². The quantitative estimate of drug-likeness (QED) is 0.112. The molecule has 0 aliphatic heterocycles. The van der Waals surface area contributed by atoms with E-state index < -0.39 is 0 Å². The van der Waals surface area contributed by atoms with Gasteiger partial charge in [-0.25, -0.2) is 9.97 Å². The van der Waals surface area contributed by atoms with Crippen molar-refractivity contribution in [2.75, 3.05) is 0 Å². The third kappa shape index (κ3) is 8.24. The van der Waals surface area contributed by atoms with E-state index >= 15 is 0 Å². The van der Waals surface area contributed by atoms with Crippen LogP contribution in [-0.4, -0.2) is 9.97 Å². The lowest BCUT2D eigenvalue weighted by atomic mass is 9.83. The van der Waals surface area contributed by atoms with Crippen molar-refractivity contribution in [3.63, 3.8) is 0 Å². The maximum Gasteiger partial charge on any atom is 0.227 e. The Hall–Kier alpha value is -3.40. The fourth-order valence-electron chi connectivity index (χ4n) is 6.78. The molecule has 4 heteroatoms. The van der Waals surface area contributed by atoms with Crippen LogP contribution in [0, 0.1) is 0 Å². The van der Waals surface area contributed by atoms with Gasteiger partial charge in [0.1, 0.15) is 11.0 Å². The predicted molar refractivity (Wildman–Crippen MR) is 204 cm³/mol. The molecule has 2 unspecified atom stereocenters. The van der Waals surface area contributed by atoms with Gasteiger partial charge in [0.25, 0.3) is 0 Å². The van der Waals surface area contributed by atoms with Crippen LogP contribution in [0.2, 0.25) is 0 Å². The molecule has 4 nitrogen and oxygen atoms in total. The van der Waals surface area contributed by atoms with E-state index in [2.05, 4.69) is 118 Å². The van der Waals surface area contributed by atoms with Crippen LogP contribution in [0.4, 0.5) is 0 Å². The third-order valence-electron chi connectivity index (χ3n) is 10.2. The number of unbranched alkanes of at least 4 members (excludes halogenated alkanes) is 6. The van der Waals surface area contributed by atoms with E-state index in [1.54, 1.807) is 0 Å². The van der Waals surface area contributed by atoms with Crippen molar-refractivity contribution < 1.29 is 8.83 Å². The summed E-state index contributed by atoms with van der Waals surface area (Å²) in [5.41, 5.74) is 10.9. The van der Waals surface area contributed by atoms with E-state index in [4.69, 9.17) is 18.8 Å². The summed E-state index contributed by atoms with van der Waals surface area (Å²) in [7, 11) is 0. The normalized spacial score (nSPS) is 13.9. The summed E-state index contributed by atoms with van der Waals surface area (Å²) in [6, 6.07) is 17.5. The lowest BCUT2D eigenvalue weighted by Crippen LogP contribution is -2.12. The standard InChI is InChI=1S/C44H60N2O2/c1-11-13-15-17-19-29(3)35-25-33(43(5,6)7)27-37-39(35)47-41(45-37)31-21-23-32(24-22-31)42-46-38-28-34(44(8,9)10)26-36(40(38)48-42)30(4)20-18-16-14-12-2/h21-30H,11-20H2,1-10H3. The second kappa shape index (κ2) is 15.0. The van der Waals surface area contributed by atoms with Gasteiger partial charge in [-0.1, -0.05) is 133 Å². The van der Waals surface area contributed by atoms with Gasteiger partial charge in [0.2, 0.25) is 11.8 Å². The molecule has 2 aromatic heterocycles. The summed E-state index contributed by atoms with van der Waals surface area (Å²) in [4.78, 5) is 10.1. The monoisotopic (exact) mass is 648 g/mol. The van der Waals surface area contributed by atoms with Crippen LogP contribution in [0.25, 0.3) is 45.1 Å². The number of hydrogen-bond acceptors (Lipinski definition) is 4. The zero-order valence-corrected chi connectivity index (χ0v) is 31.6. The molecule has 0 saturated heterocycles. The molecule has 0 N–H and O–H groups in total. The van der Waals surface area contributed by atoms with Crippen molar-refractivity contribution in [3.05, 3.63) is 70.8 Å². The van der Waals surface area contributed by atoms with Crippen LogP contribution < -0.4 is 0 Å². The summed E-state index contributed by atoms with van der Waals surface area (Å²) in [6.45, 7) is 22.9. The summed E-state index contributed by atoms with van der Waals surface area (Å²) in [5.74, 6) is 2.15. The fourth-order valence-corrected chi connectivity index (χ4v) is 6.78. The molecular formula is C44H60N2O2. The highest BCUT2D eigenvalue weighted by Crippen LogP contribution is 2.39. The van der Waals surface area contributed by atoms with Gasteiger partial charge in [-0.3, -0.25) is 0 Å². The van der Waals surface area contributed by atoms with Crippen LogP contribution in [0.15, 0.2) is 57.4 Å². The number of rotatable bonds is 14. The molecule has 5 rings (SSSR count). The topological polar surface area (TPSA) is 52.1 Å². The Kier molecular flexibility index (Phi) is 11.2. The molecule has 48 heavy (non-hydrogen) atoms. The summed E-state index contributed by atoms with van der Waals surface area (Å²) < 4.78 is 13.2. The number of fused-ring (bicyclic) bond motifs is 2. The minimum Gasteiger partial charge on any atom is -0.436 e. The summed E-state index contributed by atoms with van der Waals surface area (Å²) in [5, 5.41) is 0. The van der Waals surface area contributed by atoms with Crippen molar-refractivity contribution in [2.45, 2.75) is 156 Å². The first-order chi connectivity index (χ1) is 22.8. The SMILES string of the molecule is CCCCCCC(C)c1cc(C(C)(C)C)cc2nc(-c3ccc(-c4nc5cc(C(C)(C)C)cc(C(C)CCCCCC)c5o4)cc3)oc12. The number of hydrogen-bond donors (Lipinski definition) is 0. The largest absolute Gasteiger partial charge is 0.436 e. The first kappa shape index (κ1) is 35.9. The van der Waals surface area contributed by atoms with Gasteiger partial charge in [-0.05, 0) is 83.0 Å². The Morgan fingerprint density at radius 2 is 0.917 bits per heavy atom. The molecule has 2 heterocycles.